The number of carboxylic acids is 1. The van der Waals surface area contributed by atoms with Crippen LogP contribution in [-0.4, -0.2) is 27.2 Å². The van der Waals surface area contributed by atoms with Gasteiger partial charge in [0.05, 0.1) is 17.8 Å². The first-order chi connectivity index (χ1) is 14.2. The van der Waals surface area contributed by atoms with Crippen molar-refractivity contribution in [3.63, 3.8) is 0 Å². The second-order valence-electron chi connectivity index (χ2n) is 6.49. The lowest BCUT2D eigenvalue weighted by Crippen LogP contribution is -2.08. The minimum atomic E-state index is -0.908. The third kappa shape index (κ3) is 4.04. The van der Waals surface area contributed by atoms with E-state index in [-0.39, 0.29) is 13.0 Å². The summed E-state index contributed by atoms with van der Waals surface area (Å²) in [7, 11) is 0. The molecular weight excluding hydrogens is 364 g/mol. The molecule has 0 unspecified atom stereocenters. The molecule has 0 bridgehead atoms. The number of nitrogens with zero attached hydrogens (tertiary/aromatic N) is 2. The minimum Gasteiger partial charge on any atom is -0.481 e. The predicted molar refractivity (Wildman–Crippen MR) is 112 cm³/mol. The lowest BCUT2D eigenvalue weighted by atomic mass is 10.0. The number of rotatable bonds is 7. The fourth-order valence-corrected chi connectivity index (χ4v) is 3.20. The molecule has 4 aromatic rings. The number of hydrogen-bond acceptors (Lipinski definition) is 3. The third-order valence-electron chi connectivity index (χ3n) is 4.50. The van der Waals surface area contributed by atoms with Crippen molar-refractivity contribution < 1.29 is 14.6 Å². The Balaban J connectivity index is 1.94. The van der Waals surface area contributed by atoms with Crippen LogP contribution in [0.2, 0.25) is 0 Å². The Kier molecular flexibility index (Phi) is 5.38. The second-order valence-corrected chi connectivity index (χ2v) is 6.49. The quantitative estimate of drug-likeness (QED) is 0.484. The van der Waals surface area contributed by atoms with Crippen molar-refractivity contribution in [2.45, 2.75) is 6.42 Å². The van der Waals surface area contributed by atoms with Gasteiger partial charge in [0.25, 0.3) is 0 Å². The standard InChI is InChI=1S/C24H20N2O3/c27-21(28)16-17-29-24-25-22(18-10-4-1-5-11-18)23(19-12-6-2-7-13-19)26(24)20-14-8-3-9-15-20/h1-15H,16-17H2,(H,27,28). The number of para-hydroxylation sites is 1. The molecule has 144 valence electrons. The Morgan fingerprint density at radius 3 is 1.97 bits per heavy atom. The summed E-state index contributed by atoms with van der Waals surface area (Å²) in [4.78, 5) is 15.7. The van der Waals surface area contributed by atoms with Crippen molar-refractivity contribution in [1.29, 1.82) is 0 Å². The smallest absolute Gasteiger partial charge is 0.306 e. The number of imidazole rings is 1. The molecule has 1 N–H and O–H groups in total. The Labute approximate surface area is 168 Å². The zero-order valence-corrected chi connectivity index (χ0v) is 15.7. The van der Waals surface area contributed by atoms with Crippen LogP contribution >= 0.6 is 0 Å². The van der Waals surface area contributed by atoms with Gasteiger partial charge in [-0.05, 0) is 12.1 Å². The minimum absolute atomic E-state index is 0.0433. The van der Waals surface area contributed by atoms with Crippen LogP contribution in [0.3, 0.4) is 0 Å². The van der Waals surface area contributed by atoms with Crippen LogP contribution in [-0.2, 0) is 4.79 Å². The molecule has 0 aliphatic heterocycles. The topological polar surface area (TPSA) is 64.3 Å². The van der Waals surface area contributed by atoms with Gasteiger partial charge in [-0.3, -0.25) is 9.36 Å². The number of aromatic nitrogens is 2. The zero-order chi connectivity index (χ0) is 20.1. The molecule has 0 saturated heterocycles. The van der Waals surface area contributed by atoms with Crippen LogP contribution in [0.25, 0.3) is 28.2 Å². The van der Waals surface area contributed by atoms with Crippen molar-refractivity contribution in [3.05, 3.63) is 91.0 Å². The van der Waals surface area contributed by atoms with E-state index in [9.17, 15) is 4.79 Å². The van der Waals surface area contributed by atoms with Gasteiger partial charge in [-0.25, -0.2) is 0 Å². The molecule has 0 atom stereocenters. The lowest BCUT2D eigenvalue weighted by Gasteiger charge is -2.13. The Morgan fingerprint density at radius 1 is 0.828 bits per heavy atom. The van der Waals surface area contributed by atoms with E-state index in [0.717, 1.165) is 28.2 Å². The molecule has 0 spiro atoms. The highest BCUT2D eigenvalue weighted by molar-refractivity contribution is 5.81. The summed E-state index contributed by atoms with van der Waals surface area (Å²) in [6.45, 7) is 0.0433. The lowest BCUT2D eigenvalue weighted by molar-refractivity contribution is -0.137. The van der Waals surface area contributed by atoms with E-state index >= 15 is 0 Å². The molecule has 3 aromatic carbocycles. The van der Waals surface area contributed by atoms with Gasteiger partial charge in [0.1, 0.15) is 12.3 Å². The first-order valence-electron chi connectivity index (χ1n) is 9.37. The summed E-state index contributed by atoms with van der Waals surface area (Å²) in [5.41, 5.74) is 4.53. The SMILES string of the molecule is O=C(O)CCOc1nc(-c2ccccc2)c(-c2ccccc2)n1-c1ccccc1. The van der Waals surface area contributed by atoms with Gasteiger partial charge in [0.15, 0.2) is 0 Å². The van der Waals surface area contributed by atoms with Crippen molar-refractivity contribution in [2.75, 3.05) is 6.61 Å². The van der Waals surface area contributed by atoms with Gasteiger partial charge in [-0.2, -0.15) is 4.98 Å². The second kappa shape index (κ2) is 8.44. The molecule has 0 saturated carbocycles. The highest BCUT2D eigenvalue weighted by Crippen LogP contribution is 2.37. The van der Waals surface area contributed by atoms with Crippen LogP contribution in [0, 0.1) is 0 Å². The molecule has 4 rings (SSSR count). The van der Waals surface area contributed by atoms with E-state index < -0.39 is 5.97 Å². The molecule has 5 heteroatoms. The maximum absolute atomic E-state index is 11.0. The summed E-state index contributed by atoms with van der Waals surface area (Å²) in [6.07, 6.45) is -0.0943. The first-order valence-corrected chi connectivity index (χ1v) is 9.37. The van der Waals surface area contributed by atoms with Gasteiger partial charge >= 0.3 is 12.0 Å². The van der Waals surface area contributed by atoms with E-state index in [1.807, 2.05) is 95.6 Å². The van der Waals surface area contributed by atoms with Crippen molar-refractivity contribution in [1.82, 2.24) is 9.55 Å². The van der Waals surface area contributed by atoms with Gasteiger partial charge in [-0.15, -0.1) is 0 Å². The predicted octanol–water partition coefficient (Wildman–Crippen LogP) is 5.06. The molecule has 0 aliphatic carbocycles. The average Bonchev–Trinajstić information content (AvgIpc) is 3.15. The monoisotopic (exact) mass is 384 g/mol. The van der Waals surface area contributed by atoms with Crippen LogP contribution in [0.1, 0.15) is 6.42 Å². The summed E-state index contributed by atoms with van der Waals surface area (Å²) >= 11 is 0. The number of carbonyl (C=O) groups is 1. The van der Waals surface area contributed by atoms with E-state index in [0.29, 0.717) is 6.01 Å². The molecule has 0 amide bonds. The van der Waals surface area contributed by atoms with E-state index in [2.05, 4.69) is 0 Å². The highest BCUT2D eigenvalue weighted by Gasteiger charge is 2.22. The maximum atomic E-state index is 11.0. The number of ether oxygens (including phenoxy) is 1. The molecule has 1 heterocycles. The fourth-order valence-electron chi connectivity index (χ4n) is 3.20. The molecule has 1 aromatic heterocycles. The van der Waals surface area contributed by atoms with Crippen LogP contribution in [0.4, 0.5) is 0 Å². The van der Waals surface area contributed by atoms with Gasteiger partial charge < -0.3 is 9.84 Å². The zero-order valence-electron chi connectivity index (χ0n) is 15.7. The van der Waals surface area contributed by atoms with Crippen LogP contribution in [0.5, 0.6) is 6.01 Å². The fraction of sp³-hybridized carbons (Fsp3) is 0.0833. The molecule has 5 nitrogen and oxygen atoms in total. The Morgan fingerprint density at radius 2 is 1.38 bits per heavy atom. The van der Waals surface area contributed by atoms with Gasteiger partial charge in [-0.1, -0.05) is 78.9 Å². The van der Waals surface area contributed by atoms with Gasteiger partial charge in [0, 0.05) is 11.1 Å². The van der Waals surface area contributed by atoms with Crippen molar-refractivity contribution in [2.24, 2.45) is 0 Å². The molecule has 0 fully saturated rings. The first kappa shape index (κ1) is 18.5. The average molecular weight is 384 g/mol. The highest BCUT2D eigenvalue weighted by atomic mass is 16.5. The van der Waals surface area contributed by atoms with Crippen molar-refractivity contribution in [3.8, 4) is 34.2 Å². The maximum Gasteiger partial charge on any atom is 0.306 e. The van der Waals surface area contributed by atoms with E-state index in [1.165, 1.54) is 0 Å². The summed E-state index contributed by atoms with van der Waals surface area (Å²) in [6, 6.07) is 30.1. The number of aliphatic carboxylic acids is 1. The largest absolute Gasteiger partial charge is 0.481 e. The summed E-state index contributed by atoms with van der Waals surface area (Å²) in [5.74, 6) is -0.908. The number of benzene rings is 3. The van der Waals surface area contributed by atoms with E-state index in [1.54, 1.807) is 0 Å². The Bertz CT molecular complexity index is 1090. The van der Waals surface area contributed by atoms with Crippen LogP contribution < -0.4 is 4.74 Å². The molecule has 29 heavy (non-hydrogen) atoms. The van der Waals surface area contributed by atoms with Crippen LogP contribution in [0.15, 0.2) is 91.0 Å². The normalized spacial score (nSPS) is 10.6. The Hall–Kier alpha value is -3.86. The summed E-state index contributed by atoms with van der Waals surface area (Å²) < 4.78 is 7.78. The van der Waals surface area contributed by atoms with Crippen molar-refractivity contribution >= 4 is 5.97 Å². The third-order valence-corrected chi connectivity index (χ3v) is 4.50. The molecular formula is C24H20N2O3. The number of hydrogen-bond donors (Lipinski definition) is 1. The van der Waals surface area contributed by atoms with E-state index in [4.69, 9.17) is 14.8 Å². The van der Waals surface area contributed by atoms with Gasteiger partial charge in [0.2, 0.25) is 0 Å². The molecule has 0 radical (unpaired) electrons. The summed E-state index contributed by atoms with van der Waals surface area (Å²) in [5, 5.41) is 8.99. The molecule has 0 aliphatic rings. The number of carboxylic acid groups (broad SMARTS) is 1.